The summed E-state index contributed by atoms with van der Waals surface area (Å²) in [4.78, 5) is 6.35. The third-order valence-corrected chi connectivity index (χ3v) is 2.27. The maximum atomic E-state index is 4.03. The number of hydrogen-bond acceptors (Lipinski definition) is 2. The van der Waals surface area contributed by atoms with Crippen LogP contribution < -0.4 is 4.90 Å². The molecule has 76 valence electrons. The highest BCUT2D eigenvalue weighted by Crippen LogP contribution is 2.27. The molecular weight excluding hydrogens is 172 g/mol. The molecule has 0 amide bonds. The van der Waals surface area contributed by atoms with E-state index in [0.29, 0.717) is 0 Å². The summed E-state index contributed by atoms with van der Waals surface area (Å²) in [6, 6.07) is 8.14. The predicted octanol–water partition coefficient (Wildman–Crippen LogP) is 3.26. The Kier molecular flexibility index (Phi) is 4.17. The number of anilines is 1. The SMILES string of the molecule is C=Nc1ccccc1N(CC)CCC. The van der Waals surface area contributed by atoms with Gasteiger partial charge in [0.1, 0.15) is 0 Å². The number of rotatable bonds is 5. The van der Waals surface area contributed by atoms with Crippen molar-refractivity contribution in [3.8, 4) is 0 Å². The fourth-order valence-electron chi connectivity index (χ4n) is 1.58. The minimum absolute atomic E-state index is 0.975. The van der Waals surface area contributed by atoms with Crippen LogP contribution in [0.5, 0.6) is 0 Å². The second-order valence-corrected chi connectivity index (χ2v) is 3.23. The molecule has 0 atom stereocenters. The normalized spacial score (nSPS) is 9.86. The zero-order valence-corrected chi connectivity index (χ0v) is 9.03. The van der Waals surface area contributed by atoms with Crippen molar-refractivity contribution in [1.29, 1.82) is 0 Å². The third kappa shape index (κ3) is 2.34. The van der Waals surface area contributed by atoms with Crippen LogP contribution in [0, 0.1) is 0 Å². The van der Waals surface area contributed by atoms with Crippen molar-refractivity contribution in [2.75, 3.05) is 18.0 Å². The molecule has 0 aliphatic rings. The number of nitrogens with zero attached hydrogens (tertiary/aromatic N) is 2. The zero-order chi connectivity index (χ0) is 10.4. The molecule has 0 fully saturated rings. The Bertz CT molecular complexity index is 294. The van der Waals surface area contributed by atoms with Crippen molar-refractivity contribution < 1.29 is 0 Å². The van der Waals surface area contributed by atoms with Crippen LogP contribution in [-0.2, 0) is 0 Å². The Morgan fingerprint density at radius 2 is 2.00 bits per heavy atom. The van der Waals surface area contributed by atoms with E-state index in [9.17, 15) is 0 Å². The van der Waals surface area contributed by atoms with Crippen molar-refractivity contribution in [3.05, 3.63) is 24.3 Å². The minimum atomic E-state index is 0.975. The van der Waals surface area contributed by atoms with E-state index < -0.39 is 0 Å². The van der Waals surface area contributed by atoms with Gasteiger partial charge in [-0.25, -0.2) is 0 Å². The fourth-order valence-corrected chi connectivity index (χ4v) is 1.58. The average molecular weight is 190 g/mol. The van der Waals surface area contributed by atoms with Gasteiger partial charge in [0.25, 0.3) is 0 Å². The van der Waals surface area contributed by atoms with Gasteiger partial charge in [-0.15, -0.1) is 0 Å². The minimum Gasteiger partial charge on any atom is -0.370 e. The van der Waals surface area contributed by atoms with E-state index in [1.807, 2.05) is 18.2 Å². The molecule has 0 unspecified atom stereocenters. The molecule has 0 radical (unpaired) electrons. The Morgan fingerprint density at radius 1 is 1.29 bits per heavy atom. The second kappa shape index (κ2) is 5.43. The summed E-state index contributed by atoms with van der Waals surface area (Å²) in [5, 5.41) is 0. The summed E-state index contributed by atoms with van der Waals surface area (Å²) in [7, 11) is 0. The molecule has 0 aliphatic heterocycles. The predicted molar refractivity (Wildman–Crippen MR) is 63.8 cm³/mol. The van der Waals surface area contributed by atoms with Crippen LogP contribution in [-0.4, -0.2) is 19.8 Å². The molecule has 0 bridgehead atoms. The highest BCUT2D eigenvalue weighted by atomic mass is 15.1. The van der Waals surface area contributed by atoms with Gasteiger partial charge in [0.15, 0.2) is 0 Å². The fraction of sp³-hybridized carbons (Fsp3) is 0.417. The van der Waals surface area contributed by atoms with Crippen LogP contribution in [0.15, 0.2) is 29.3 Å². The van der Waals surface area contributed by atoms with Gasteiger partial charge >= 0.3 is 0 Å². The van der Waals surface area contributed by atoms with Crippen LogP contribution in [0.4, 0.5) is 11.4 Å². The first kappa shape index (κ1) is 10.8. The summed E-state index contributed by atoms with van der Waals surface area (Å²) >= 11 is 0. The Balaban J connectivity index is 2.95. The van der Waals surface area contributed by atoms with Crippen LogP contribution in [0.2, 0.25) is 0 Å². The monoisotopic (exact) mass is 190 g/mol. The molecule has 0 aliphatic carbocycles. The van der Waals surface area contributed by atoms with Crippen molar-refractivity contribution in [3.63, 3.8) is 0 Å². The maximum absolute atomic E-state index is 4.03. The van der Waals surface area contributed by atoms with E-state index >= 15 is 0 Å². The van der Waals surface area contributed by atoms with Gasteiger partial charge in [0.05, 0.1) is 11.4 Å². The lowest BCUT2D eigenvalue weighted by Crippen LogP contribution is -2.23. The van der Waals surface area contributed by atoms with Gasteiger partial charge in [-0.2, -0.15) is 0 Å². The van der Waals surface area contributed by atoms with Gasteiger partial charge in [-0.05, 0) is 32.2 Å². The lowest BCUT2D eigenvalue weighted by molar-refractivity contribution is 0.792. The summed E-state index contributed by atoms with van der Waals surface area (Å²) in [5.74, 6) is 0. The summed E-state index contributed by atoms with van der Waals surface area (Å²) in [5.41, 5.74) is 2.16. The number of hydrogen-bond donors (Lipinski definition) is 0. The first-order valence-electron chi connectivity index (χ1n) is 5.14. The molecule has 0 saturated heterocycles. The summed E-state index contributed by atoms with van der Waals surface area (Å²) in [6.07, 6.45) is 1.15. The van der Waals surface area contributed by atoms with E-state index in [4.69, 9.17) is 0 Å². The molecule has 0 aromatic heterocycles. The highest BCUT2D eigenvalue weighted by molar-refractivity contribution is 5.68. The van der Waals surface area contributed by atoms with E-state index in [0.717, 1.165) is 25.2 Å². The first-order valence-corrected chi connectivity index (χ1v) is 5.14. The molecule has 14 heavy (non-hydrogen) atoms. The van der Waals surface area contributed by atoms with Crippen molar-refractivity contribution in [2.45, 2.75) is 20.3 Å². The van der Waals surface area contributed by atoms with Crippen LogP contribution in [0.1, 0.15) is 20.3 Å². The smallest absolute Gasteiger partial charge is 0.0855 e. The Morgan fingerprint density at radius 3 is 2.57 bits per heavy atom. The molecule has 0 spiro atoms. The summed E-state index contributed by atoms with van der Waals surface area (Å²) in [6.45, 7) is 10.0. The average Bonchev–Trinajstić information content (AvgIpc) is 2.26. The van der Waals surface area contributed by atoms with E-state index in [1.165, 1.54) is 5.69 Å². The number of aliphatic imine (C=N–C) groups is 1. The van der Waals surface area contributed by atoms with Gasteiger partial charge in [-0.1, -0.05) is 19.1 Å². The van der Waals surface area contributed by atoms with Crippen LogP contribution in [0.25, 0.3) is 0 Å². The molecule has 0 N–H and O–H groups in total. The van der Waals surface area contributed by atoms with Gasteiger partial charge < -0.3 is 4.90 Å². The largest absolute Gasteiger partial charge is 0.370 e. The van der Waals surface area contributed by atoms with Crippen LogP contribution in [0.3, 0.4) is 0 Å². The molecule has 1 aromatic carbocycles. The Labute approximate surface area is 86.3 Å². The standard InChI is InChI=1S/C12H18N2/c1-4-10-14(5-2)12-9-7-6-8-11(12)13-3/h6-9H,3-5,10H2,1-2H3. The van der Waals surface area contributed by atoms with Gasteiger partial charge in [0.2, 0.25) is 0 Å². The molecule has 1 aromatic rings. The quantitative estimate of drug-likeness (QED) is 0.651. The maximum Gasteiger partial charge on any atom is 0.0855 e. The van der Waals surface area contributed by atoms with Crippen molar-refractivity contribution in [2.24, 2.45) is 4.99 Å². The molecule has 0 saturated carbocycles. The molecule has 2 nitrogen and oxygen atoms in total. The Hall–Kier alpha value is -1.31. The van der Waals surface area contributed by atoms with E-state index in [1.54, 1.807) is 0 Å². The number of para-hydroxylation sites is 2. The topological polar surface area (TPSA) is 15.6 Å². The summed E-state index contributed by atoms with van der Waals surface area (Å²) < 4.78 is 0. The molecule has 2 heteroatoms. The van der Waals surface area contributed by atoms with Crippen LogP contribution >= 0.6 is 0 Å². The highest BCUT2D eigenvalue weighted by Gasteiger charge is 2.06. The van der Waals surface area contributed by atoms with Gasteiger partial charge in [-0.3, -0.25) is 4.99 Å². The van der Waals surface area contributed by atoms with Crippen molar-refractivity contribution in [1.82, 2.24) is 0 Å². The lowest BCUT2D eigenvalue weighted by atomic mass is 10.2. The van der Waals surface area contributed by atoms with E-state index in [2.05, 4.69) is 36.5 Å². The lowest BCUT2D eigenvalue weighted by Gasteiger charge is -2.23. The van der Waals surface area contributed by atoms with E-state index in [-0.39, 0.29) is 0 Å². The number of benzene rings is 1. The second-order valence-electron chi connectivity index (χ2n) is 3.23. The van der Waals surface area contributed by atoms with Gasteiger partial charge in [0, 0.05) is 13.1 Å². The van der Waals surface area contributed by atoms with Crippen molar-refractivity contribution >= 4 is 18.1 Å². The third-order valence-electron chi connectivity index (χ3n) is 2.27. The molecule has 0 heterocycles. The molecule has 1 rings (SSSR count). The first-order chi connectivity index (χ1) is 6.83. The zero-order valence-electron chi connectivity index (χ0n) is 9.03. The molecular formula is C12H18N2.